The molecule has 2 fully saturated rings. The summed E-state index contributed by atoms with van der Waals surface area (Å²) >= 11 is 0. The minimum Gasteiger partial charge on any atom is -0.480 e. The predicted octanol–water partition coefficient (Wildman–Crippen LogP) is 2.87. The highest BCUT2D eigenvalue weighted by Gasteiger charge is 2.38. The number of aromatic nitrogens is 2. The van der Waals surface area contributed by atoms with E-state index in [1.165, 1.54) is 12.8 Å². The van der Waals surface area contributed by atoms with Crippen molar-refractivity contribution < 1.29 is 37.8 Å². The number of aliphatic carboxylic acids is 2. The molecule has 2 aliphatic rings. The first-order valence-corrected chi connectivity index (χ1v) is 11.1. The van der Waals surface area contributed by atoms with Crippen LogP contribution in [0.25, 0.3) is 5.69 Å². The number of hydrogen-bond donors (Lipinski definition) is 3. The summed E-state index contributed by atoms with van der Waals surface area (Å²) in [5.41, 5.74) is 2.48. The minimum absolute atomic E-state index is 0.0846. The smallest absolute Gasteiger partial charge is 0.480 e. The maximum atomic E-state index is 12.5. The van der Waals surface area contributed by atoms with Crippen LogP contribution in [0, 0.1) is 12.8 Å². The first-order chi connectivity index (χ1) is 16.4. The summed E-state index contributed by atoms with van der Waals surface area (Å²) in [6, 6.07) is 9.69. The molecule has 0 spiro atoms. The first kappa shape index (κ1) is 26.2. The number of carboxylic acids is 2. The normalized spacial score (nSPS) is 19.3. The number of alkyl halides is 3. The topological polar surface area (TPSA) is 125 Å². The van der Waals surface area contributed by atoms with Gasteiger partial charge in [0.15, 0.2) is 0 Å². The van der Waals surface area contributed by atoms with Crippen molar-refractivity contribution >= 4 is 17.8 Å². The van der Waals surface area contributed by atoms with Crippen molar-refractivity contribution in [3.05, 3.63) is 47.8 Å². The van der Waals surface area contributed by atoms with E-state index in [0.29, 0.717) is 11.5 Å². The van der Waals surface area contributed by atoms with Crippen LogP contribution in [-0.4, -0.2) is 74.1 Å². The molecule has 0 radical (unpaired) electrons. The third-order valence-corrected chi connectivity index (χ3v) is 5.85. The lowest BCUT2D eigenvalue weighted by atomic mass is 9.85. The Kier molecular flexibility index (Phi) is 8.15. The number of benzene rings is 1. The van der Waals surface area contributed by atoms with E-state index in [1.807, 2.05) is 43.5 Å². The van der Waals surface area contributed by atoms with E-state index in [-0.39, 0.29) is 24.5 Å². The first-order valence-electron chi connectivity index (χ1n) is 11.1. The fourth-order valence-electron chi connectivity index (χ4n) is 3.75. The number of halogens is 3. The molecule has 0 aliphatic heterocycles. The van der Waals surface area contributed by atoms with Crippen molar-refractivity contribution in [2.75, 3.05) is 13.1 Å². The molecular weight excluding hydrogens is 469 g/mol. The molecular formula is C23H27F3N4O5. The lowest BCUT2D eigenvalue weighted by Gasteiger charge is -2.42. The molecule has 1 aromatic heterocycles. The molecule has 0 bridgehead atoms. The van der Waals surface area contributed by atoms with Crippen molar-refractivity contribution in [2.45, 2.75) is 50.9 Å². The van der Waals surface area contributed by atoms with Gasteiger partial charge in [-0.3, -0.25) is 14.5 Å². The summed E-state index contributed by atoms with van der Waals surface area (Å²) in [4.78, 5) is 34.6. The monoisotopic (exact) mass is 496 g/mol. The molecule has 2 saturated carbocycles. The Hall–Kier alpha value is -3.41. The van der Waals surface area contributed by atoms with Crippen molar-refractivity contribution in [1.29, 1.82) is 0 Å². The second-order valence-corrected chi connectivity index (χ2v) is 8.81. The summed E-state index contributed by atoms with van der Waals surface area (Å²) in [5, 5.41) is 23.7. The maximum Gasteiger partial charge on any atom is 0.490 e. The van der Waals surface area contributed by atoms with Crippen LogP contribution in [0.1, 0.15) is 41.7 Å². The molecule has 0 atom stereocenters. The molecule has 190 valence electrons. The highest BCUT2D eigenvalue weighted by molar-refractivity contribution is 5.94. The number of carbonyl (C=O) groups excluding carboxylic acids is 1. The van der Waals surface area contributed by atoms with Gasteiger partial charge >= 0.3 is 18.1 Å². The average Bonchev–Trinajstić information content (AvgIpc) is 3.46. The van der Waals surface area contributed by atoms with E-state index >= 15 is 0 Å². The van der Waals surface area contributed by atoms with Crippen LogP contribution in [0.2, 0.25) is 0 Å². The number of hydrogen-bond acceptors (Lipinski definition) is 5. The Morgan fingerprint density at radius 3 is 2.17 bits per heavy atom. The number of carboxylic acid groups (broad SMARTS) is 2. The van der Waals surface area contributed by atoms with Gasteiger partial charge in [-0.2, -0.15) is 18.3 Å². The second kappa shape index (κ2) is 10.9. The Morgan fingerprint density at radius 2 is 1.71 bits per heavy atom. The van der Waals surface area contributed by atoms with Gasteiger partial charge in [-0.25, -0.2) is 9.48 Å². The van der Waals surface area contributed by atoms with E-state index in [1.54, 1.807) is 4.68 Å². The average molecular weight is 496 g/mol. The van der Waals surface area contributed by atoms with Crippen LogP contribution in [0.15, 0.2) is 36.5 Å². The molecule has 0 saturated heterocycles. The minimum atomic E-state index is -5.08. The summed E-state index contributed by atoms with van der Waals surface area (Å²) in [7, 11) is 0. The van der Waals surface area contributed by atoms with Crippen molar-refractivity contribution in [3.63, 3.8) is 0 Å². The highest BCUT2D eigenvalue weighted by atomic mass is 19.4. The highest BCUT2D eigenvalue weighted by Crippen LogP contribution is 2.33. The zero-order valence-electron chi connectivity index (χ0n) is 19.0. The molecule has 35 heavy (non-hydrogen) atoms. The maximum absolute atomic E-state index is 12.5. The standard InChI is InChI=1S/C21H26N4O3.C2HF3O2/c1-14-8-9-25(23-14)18-6-4-16(5-7-18)21(28)22-17-10-19(11-17)24(13-20(26)27)12-15-2-3-15;3-2(4,5)1(6)7/h4-9,15,17,19H,2-3,10-13H2,1H3,(H,22,28)(H,26,27);(H,6,7). The van der Waals surface area contributed by atoms with Crippen molar-refractivity contribution in [2.24, 2.45) is 5.92 Å². The second-order valence-electron chi connectivity index (χ2n) is 8.81. The third kappa shape index (κ3) is 7.81. The number of nitrogens with zero attached hydrogens (tertiary/aromatic N) is 3. The zero-order chi connectivity index (χ0) is 25.8. The Balaban J connectivity index is 0.000000429. The Morgan fingerprint density at radius 1 is 1.11 bits per heavy atom. The van der Waals surface area contributed by atoms with E-state index in [9.17, 15) is 22.8 Å². The molecule has 1 amide bonds. The van der Waals surface area contributed by atoms with Gasteiger partial charge < -0.3 is 15.5 Å². The lowest BCUT2D eigenvalue weighted by Crippen LogP contribution is -2.55. The van der Waals surface area contributed by atoms with Gasteiger partial charge in [0.2, 0.25) is 0 Å². The zero-order valence-corrected chi connectivity index (χ0v) is 19.0. The Bertz CT molecular complexity index is 1040. The number of aryl methyl sites for hydroxylation is 1. The van der Waals surface area contributed by atoms with E-state index in [4.69, 9.17) is 15.0 Å². The van der Waals surface area contributed by atoms with Crippen molar-refractivity contribution in [1.82, 2.24) is 20.0 Å². The van der Waals surface area contributed by atoms with Gasteiger partial charge in [0, 0.05) is 30.4 Å². The molecule has 12 heteroatoms. The van der Waals surface area contributed by atoms with Crippen LogP contribution in [0.5, 0.6) is 0 Å². The van der Waals surface area contributed by atoms with Gasteiger partial charge in [-0.1, -0.05) is 0 Å². The van der Waals surface area contributed by atoms with Crippen molar-refractivity contribution in [3.8, 4) is 5.69 Å². The van der Waals surface area contributed by atoms with Gasteiger partial charge in [0.05, 0.1) is 17.9 Å². The van der Waals surface area contributed by atoms with Crippen LogP contribution in [0.3, 0.4) is 0 Å². The van der Waals surface area contributed by atoms with Gasteiger partial charge in [0.25, 0.3) is 5.91 Å². The van der Waals surface area contributed by atoms with Crippen LogP contribution in [-0.2, 0) is 9.59 Å². The fourth-order valence-corrected chi connectivity index (χ4v) is 3.75. The molecule has 2 aromatic rings. The van der Waals surface area contributed by atoms with E-state index in [2.05, 4.69) is 15.3 Å². The van der Waals surface area contributed by atoms with Crippen LogP contribution in [0.4, 0.5) is 13.2 Å². The number of rotatable bonds is 8. The summed E-state index contributed by atoms with van der Waals surface area (Å²) in [6.45, 7) is 2.90. The number of carbonyl (C=O) groups is 3. The molecule has 1 heterocycles. The summed E-state index contributed by atoms with van der Waals surface area (Å²) in [6.07, 6.45) is 0.852. The number of nitrogens with one attached hydrogen (secondary N) is 1. The van der Waals surface area contributed by atoms with E-state index in [0.717, 1.165) is 30.8 Å². The fraction of sp³-hybridized carbons (Fsp3) is 0.478. The number of amides is 1. The van der Waals surface area contributed by atoms with Crippen LogP contribution < -0.4 is 5.32 Å². The molecule has 4 rings (SSSR count). The lowest BCUT2D eigenvalue weighted by molar-refractivity contribution is -0.192. The molecule has 2 aliphatic carbocycles. The van der Waals surface area contributed by atoms with Crippen LogP contribution >= 0.6 is 0 Å². The van der Waals surface area contributed by atoms with Gasteiger partial charge in [-0.15, -0.1) is 0 Å². The molecule has 9 nitrogen and oxygen atoms in total. The largest absolute Gasteiger partial charge is 0.490 e. The molecule has 3 N–H and O–H groups in total. The third-order valence-electron chi connectivity index (χ3n) is 5.85. The molecule has 0 unspecified atom stereocenters. The Labute approximate surface area is 199 Å². The predicted molar refractivity (Wildman–Crippen MR) is 118 cm³/mol. The molecule has 1 aromatic carbocycles. The van der Waals surface area contributed by atoms with Gasteiger partial charge in [-0.05, 0) is 68.9 Å². The quantitative estimate of drug-likeness (QED) is 0.513. The summed E-state index contributed by atoms with van der Waals surface area (Å²) < 4.78 is 33.5. The van der Waals surface area contributed by atoms with Gasteiger partial charge in [0.1, 0.15) is 0 Å². The summed E-state index contributed by atoms with van der Waals surface area (Å²) in [5.74, 6) is -2.96. The SMILES string of the molecule is Cc1ccn(-c2ccc(C(=O)NC3CC(N(CC(=O)O)CC4CC4)C3)cc2)n1.O=C(O)C(F)(F)F. The van der Waals surface area contributed by atoms with E-state index < -0.39 is 18.1 Å².